The molecule has 16 heavy (non-hydrogen) atoms. The maximum absolute atomic E-state index is 11.8. The Morgan fingerprint density at radius 3 is 2.81 bits per heavy atom. The first kappa shape index (κ1) is 12.7. The summed E-state index contributed by atoms with van der Waals surface area (Å²) in [5.74, 6) is 0.297. The molecule has 1 atom stereocenters. The maximum Gasteiger partial charge on any atom is 0.229 e. The van der Waals surface area contributed by atoms with Gasteiger partial charge < -0.3 is 4.90 Å². The molecule has 1 amide bonds. The van der Waals surface area contributed by atoms with Gasteiger partial charge >= 0.3 is 0 Å². The molecule has 1 aliphatic heterocycles. The molecule has 1 aromatic rings. The number of aryl methyl sites for hydroxylation is 1. The topological polar surface area (TPSA) is 33.2 Å². The van der Waals surface area contributed by atoms with Crippen LogP contribution in [0.2, 0.25) is 0 Å². The number of fused-ring (bicyclic) bond motifs is 1. The summed E-state index contributed by atoms with van der Waals surface area (Å²) in [7, 11) is 1.82. The van der Waals surface area contributed by atoms with E-state index in [0.717, 1.165) is 24.2 Å². The largest absolute Gasteiger partial charge is 0.314 e. The molecule has 0 saturated heterocycles. The summed E-state index contributed by atoms with van der Waals surface area (Å²) >= 11 is 0. The molecule has 2 heterocycles. The van der Waals surface area contributed by atoms with Gasteiger partial charge in [-0.25, -0.2) is 0 Å². The number of amides is 1. The number of hydrogen-bond donors (Lipinski definition) is 0. The highest BCUT2D eigenvalue weighted by atomic mass is 16.2. The second-order valence-corrected chi connectivity index (χ2v) is 3.81. The van der Waals surface area contributed by atoms with Crippen molar-refractivity contribution in [2.45, 2.75) is 33.6 Å². The second kappa shape index (κ2) is 5.64. The van der Waals surface area contributed by atoms with Crippen LogP contribution in [0, 0.1) is 5.92 Å². The number of rotatable bonds is 0. The molecule has 0 aliphatic carbocycles. The number of carbonyl (C=O) groups is 1. The molecular weight excluding hydrogens is 200 g/mol. The van der Waals surface area contributed by atoms with E-state index >= 15 is 0 Å². The first-order valence-corrected chi connectivity index (χ1v) is 5.91. The molecule has 0 fully saturated rings. The van der Waals surface area contributed by atoms with Crippen LogP contribution in [0.4, 0.5) is 5.69 Å². The Labute approximate surface area is 97.5 Å². The summed E-state index contributed by atoms with van der Waals surface area (Å²) in [6, 6.07) is 3.83. The van der Waals surface area contributed by atoms with E-state index < -0.39 is 0 Å². The van der Waals surface area contributed by atoms with Crippen LogP contribution >= 0.6 is 0 Å². The van der Waals surface area contributed by atoms with Crippen LogP contribution < -0.4 is 4.90 Å². The Hall–Kier alpha value is -1.38. The number of hydrogen-bond acceptors (Lipinski definition) is 2. The maximum atomic E-state index is 11.8. The van der Waals surface area contributed by atoms with Crippen LogP contribution in [-0.4, -0.2) is 17.9 Å². The lowest BCUT2D eigenvalue weighted by Gasteiger charge is -2.18. The van der Waals surface area contributed by atoms with Crippen LogP contribution in [-0.2, 0) is 11.2 Å². The predicted molar refractivity (Wildman–Crippen MR) is 66.5 cm³/mol. The zero-order valence-corrected chi connectivity index (χ0v) is 10.5. The van der Waals surface area contributed by atoms with Crippen molar-refractivity contribution in [2.24, 2.45) is 5.92 Å². The Morgan fingerprint density at radius 1 is 1.44 bits per heavy atom. The molecule has 0 N–H and O–H groups in total. The lowest BCUT2D eigenvalue weighted by Crippen LogP contribution is -2.30. The summed E-state index contributed by atoms with van der Waals surface area (Å²) in [6.07, 6.45) is 3.58. The van der Waals surface area contributed by atoms with Crippen molar-refractivity contribution in [3.63, 3.8) is 0 Å². The first-order valence-electron chi connectivity index (χ1n) is 5.91. The van der Waals surface area contributed by atoms with Gasteiger partial charge in [-0.1, -0.05) is 20.8 Å². The zero-order chi connectivity index (χ0) is 12.1. The average Bonchev–Trinajstić information content (AvgIpc) is 2.46. The highest BCUT2D eigenvalue weighted by molar-refractivity contribution is 5.95. The lowest BCUT2D eigenvalue weighted by molar-refractivity contribution is -0.121. The van der Waals surface area contributed by atoms with Crippen molar-refractivity contribution in [2.75, 3.05) is 11.9 Å². The molecule has 0 spiro atoms. The number of aromatic nitrogens is 1. The first-order chi connectivity index (χ1) is 7.70. The normalized spacial score (nSPS) is 19.4. The van der Waals surface area contributed by atoms with E-state index in [4.69, 9.17) is 0 Å². The second-order valence-electron chi connectivity index (χ2n) is 3.81. The molecule has 0 bridgehead atoms. The summed E-state index contributed by atoms with van der Waals surface area (Å²) in [6.45, 7) is 5.98. The van der Waals surface area contributed by atoms with Gasteiger partial charge in [0.15, 0.2) is 0 Å². The van der Waals surface area contributed by atoms with Crippen LogP contribution in [0.15, 0.2) is 18.3 Å². The Kier molecular flexibility index (Phi) is 4.47. The quantitative estimate of drug-likeness (QED) is 0.673. The van der Waals surface area contributed by atoms with Gasteiger partial charge in [-0.15, -0.1) is 0 Å². The Bertz CT molecular complexity index is 363. The molecule has 0 saturated carbocycles. The molecule has 3 nitrogen and oxygen atoms in total. The molecule has 2 rings (SSSR count). The average molecular weight is 220 g/mol. The summed E-state index contributed by atoms with van der Waals surface area (Å²) in [5.41, 5.74) is 1.99. The van der Waals surface area contributed by atoms with E-state index in [1.54, 1.807) is 11.1 Å². The lowest BCUT2D eigenvalue weighted by atomic mass is 10.1. The van der Waals surface area contributed by atoms with Gasteiger partial charge in [0.25, 0.3) is 0 Å². The molecule has 1 aliphatic rings. The van der Waals surface area contributed by atoms with Crippen molar-refractivity contribution >= 4 is 11.6 Å². The van der Waals surface area contributed by atoms with Gasteiger partial charge in [0.2, 0.25) is 5.91 Å². The van der Waals surface area contributed by atoms with Gasteiger partial charge in [-0.3, -0.25) is 9.78 Å². The number of pyridine rings is 1. The minimum absolute atomic E-state index is 0.106. The standard InChI is InChI=1S/C11H14N2O.C2H6/c1-8-5-6-9-10(4-3-7-12-9)13(2)11(8)14;1-2/h3-4,7-8H,5-6H2,1-2H3;1-2H3. The van der Waals surface area contributed by atoms with E-state index in [-0.39, 0.29) is 11.8 Å². The molecule has 1 aromatic heterocycles. The minimum atomic E-state index is 0.106. The van der Waals surface area contributed by atoms with E-state index in [1.165, 1.54) is 0 Å². The number of anilines is 1. The third-order valence-electron chi connectivity index (χ3n) is 2.79. The zero-order valence-electron chi connectivity index (χ0n) is 10.5. The van der Waals surface area contributed by atoms with E-state index in [1.807, 2.05) is 40.0 Å². The number of nitrogens with zero attached hydrogens (tertiary/aromatic N) is 2. The SMILES string of the molecule is CC.CC1CCc2ncccc2N(C)C1=O. The van der Waals surface area contributed by atoms with E-state index in [2.05, 4.69) is 4.98 Å². The summed E-state index contributed by atoms with van der Waals surface area (Å²) in [4.78, 5) is 17.8. The highest BCUT2D eigenvalue weighted by Gasteiger charge is 2.24. The van der Waals surface area contributed by atoms with Gasteiger partial charge in [-0.2, -0.15) is 0 Å². The van der Waals surface area contributed by atoms with E-state index in [0.29, 0.717) is 0 Å². The van der Waals surface area contributed by atoms with Crippen molar-refractivity contribution < 1.29 is 4.79 Å². The minimum Gasteiger partial charge on any atom is -0.314 e. The van der Waals surface area contributed by atoms with Gasteiger partial charge in [0.05, 0.1) is 11.4 Å². The molecule has 88 valence electrons. The fourth-order valence-electron chi connectivity index (χ4n) is 1.85. The summed E-state index contributed by atoms with van der Waals surface area (Å²) < 4.78 is 0. The van der Waals surface area contributed by atoms with Crippen molar-refractivity contribution in [3.05, 3.63) is 24.0 Å². The Balaban J connectivity index is 0.000000606. The molecule has 0 aromatic carbocycles. The fourth-order valence-corrected chi connectivity index (χ4v) is 1.85. The third kappa shape index (κ3) is 2.40. The van der Waals surface area contributed by atoms with Crippen LogP contribution in [0.1, 0.15) is 32.9 Å². The van der Waals surface area contributed by atoms with Crippen LogP contribution in [0.3, 0.4) is 0 Å². The summed E-state index contributed by atoms with van der Waals surface area (Å²) in [5, 5.41) is 0. The van der Waals surface area contributed by atoms with Gasteiger partial charge in [0, 0.05) is 19.2 Å². The smallest absolute Gasteiger partial charge is 0.229 e. The highest BCUT2D eigenvalue weighted by Crippen LogP contribution is 2.25. The fraction of sp³-hybridized carbons (Fsp3) is 0.538. The van der Waals surface area contributed by atoms with E-state index in [9.17, 15) is 4.79 Å². The van der Waals surface area contributed by atoms with Gasteiger partial charge in [-0.05, 0) is 25.0 Å². The predicted octanol–water partition coefficient (Wildman–Crippen LogP) is 2.65. The van der Waals surface area contributed by atoms with Crippen LogP contribution in [0.25, 0.3) is 0 Å². The van der Waals surface area contributed by atoms with Crippen molar-refractivity contribution in [3.8, 4) is 0 Å². The molecule has 3 heteroatoms. The van der Waals surface area contributed by atoms with Gasteiger partial charge in [0.1, 0.15) is 0 Å². The Morgan fingerprint density at radius 2 is 2.12 bits per heavy atom. The third-order valence-corrected chi connectivity index (χ3v) is 2.79. The monoisotopic (exact) mass is 220 g/mol. The van der Waals surface area contributed by atoms with Crippen LogP contribution in [0.5, 0.6) is 0 Å². The molecule has 1 unspecified atom stereocenters. The number of carbonyl (C=O) groups excluding carboxylic acids is 1. The van der Waals surface area contributed by atoms with Crippen molar-refractivity contribution in [1.29, 1.82) is 0 Å². The van der Waals surface area contributed by atoms with Crippen molar-refractivity contribution in [1.82, 2.24) is 4.98 Å². The molecule has 0 radical (unpaired) electrons. The molecular formula is C13H20N2O.